The molecule has 4 unspecified atom stereocenters. The van der Waals surface area contributed by atoms with Crippen LogP contribution in [0.15, 0.2) is 309 Å². The van der Waals surface area contributed by atoms with E-state index in [1.807, 2.05) is 84.9 Å². The van der Waals surface area contributed by atoms with E-state index in [0.717, 1.165) is 156 Å². The number of carbonyl (C=O) groups excluding carboxylic acids is 1. The van der Waals surface area contributed by atoms with Crippen LogP contribution in [0.3, 0.4) is 0 Å². The fraction of sp³-hybridized carbons (Fsp3) is 0.274. The van der Waals surface area contributed by atoms with E-state index in [1.54, 1.807) is 0 Å². The highest BCUT2D eigenvalue weighted by molar-refractivity contribution is 9.11. The molecule has 0 aliphatic heterocycles. The monoisotopic (exact) mass is 1920 g/mol. The lowest BCUT2D eigenvalue weighted by Gasteiger charge is -2.27. The average Bonchev–Trinajstić information content (AvgIpc) is 0.891. The second kappa shape index (κ2) is 45.4. The van der Waals surface area contributed by atoms with Gasteiger partial charge in [-0.1, -0.05) is 378 Å². The van der Waals surface area contributed by atoms with Gasteiger partial charge in [0.1, 0.15) is 23.0 Å². The zero-order chi connectivity index (χ0) is 87.8. The molecule has 126 heavy (non-hydrogen) atoms. The third-order valence-corrected chi connectivity index (χ3v) is 27.0. The number of hydrogen-bond donors (Lipinski definition) is 0. The molecule has 0 aromatic heterocycles. The minimum Gasteiger partial charge on any atom is -0.493 e. The van der Waals surface area contributed by atoms with Crippen molar-refractivity contribution in [1.82, 2.24) is 0 Å². The fourth-order valence-electron chi connectivity index (χ4n) is 17.7. The molecule has 0 spiro atoms. The molecule has 0 saturated carbocycles. The second-order valence-electron chi connectivity index (χ2n) is 33.6. The number of hydrogen-bond acceptors (Lipinski definition) is 5. The van der Waals surface area contributed by atoms with Crippen LogP contribution in [0.2, 0.25) is 0 Å². The summed E-state index contributed by atoms with van der Waals surface area (Å²) in [5.41, 5.74) is 14.8. The highest BCUT2D eigenvalue weighted by Gasteiger charge is 2.32. The highest BCUT2D eigenvalue weighted by Crippen LogP contribution is 2.55. The van der Waals surface area contributed by atoms with E-state index in [-0.39, 0.29) is 5.78 Å². The lowest BCUT2D eigenvalue weighted by molar-refractivity contribution is -0.108. The SMILES string of the molecule is C(#Cc1ccccc1)c1ccccc1.CCCCC(CC)COc1ccc(-c2c(-c3ccccc3)c(-c3ccccc3)c(-c3ccc(OCC(CC)CCCC)cc3)c3c4cc(Br)ccc4c4ccc(Br)cc4c23)cc1.CCCCC(CC)COc1ccc(C2=c3c(c4cc(Br)ccc4c4ccc(Br)cc34)=C(c3ccc(OCC(CC)CCCC)cc3)C2=O)cc1. The summed E-state index contributed by atoms with van der Waals surface area (Å²) >= 11 is 15.3. The molecule has 0 bridgehead atoms. The third-order valence-electron chi connectivity index (χ3n) is 25.0. The van der Waals surface area contributed by atoms with Gasteiger partial charge in [0.15, 0.2) is 5.78 Å². The number of Topliss-reactive ketones (excluding diaryl/α,β-unsaturated/α-hetero) is 1. The molecule has 0 amide bonds. The Kier molecular flexibility index (Phi) is 33.1. The summed E-state index contributed by atoms with van der Waals surface area (Å²) in [5, 5.41) is 13.6. The molecule has 0 radical (unpaired) electrons. The Morgan fingerprint density at radius 1 is 0.262 bits per heavy atom. The summed E-state index contributed by atoms with van der Waals surface area (Å²) in [4.78, 5) is 14.9. The minimum atomic E-state index is 0.0345. The van der Waals surface area contributed by atoms with Crippen molar-refractivity contribution >= 4 is 135 Å². The number of fused-ring (bicyclic) bond motifs is 12. The van der Waals surface area contributed by atoms with E-state index >= 15 is 0 Å². The van der Waals surface area contributed by atoms with Crippen molar-refractivity contribution in [3.05, 3.63) is 342 Å². The van der Waals surface area contributed by atoms with Crippen molar-refractivity contribution < 1.29 is 23.7 Å². The van der Waals surface area contributed by atoms with Crippen LogP contribution in [0, 0.1) is 35.5 Å². The number of ketones is 1. The van der Waals surface area contributed by atoms with Crippen molar-refractivity contribution in [2.75, 3.05) is 26.4 Å². The highest BCUT2D eigenvalue weighted by atomic mass is 79.9. The van der Waals surface area contributed by atoms with E-state index in [0.29, 0.717) is 36.9 Å². The van der Waals surface area contributed by atoms with E-state index in [4.69, 9.17) is 18.9 Å². The maximum absolute atomic E-state index is 14.9. The molecule has 642 valence electrons. The minimum absolute atomic E-state index is 0.0345. The molecule has 0 saturated heterocycles. The van der Waals surface area contributed by atoms with E-state index in [2.05, 4.69) is 337 Å². The first-order valence-electron chi connectivity index (χ1n) is 45.9. The van der Waals surface area contributed by atoms with Gasteiger partial charge in [-0.3, -0.25) is 4.79 Å². The van der Waals surface area contributed by atoms with Crippen LogP contribution in [-0.4, -0.2) is 32.2 Å². The molecule has 0 heterocycles. The summed E-state index contributed by atoms with van der Waals surface area (Å²) in [5.74, 6) is 12.0. The number of unbranched alkanes of at least 4 members (excludes halogenated alkanes) is 4. The molecular weight excluding hydrogens is 1800 g/mol. The maximum atomic E-state index is 14.9. The predicted molar refractivity (Wildman–Crippen MR) is 549 cm³/mol. The van der Waals surface area contributed by atoms with Gasteiger partial charge in [0.25, 0.3) is 0 Å². The van der Waals surface area contributed by atoms with Gasteiger partial charge in [-0.15, -0.1) is 0 Å². The molecular formula is C117H116Br4O5. The van der Waals surface area contributed by atoms with Crippen molar-refractivity contribution in [3.63, 3.8) is 0 Å². The topological polar surface area (TPSA) is 54.0 Å². The zero-order valence-electron chi connectivity index (χ0n) is 74.2. The van der Waals surface area contributed by atoms with Crippen LogP contribution in [0.1, 0.15) is 180 Å². The van der Waals surface area contributed by atoms with Gasteiger partial charge in [0, 0.05) is 50.6 Å². The number of benzene rings is 15. The third kappa shape index (κ3) is 22.3. The average molecular weight is 1920 g/mol. The largest absolute Gasteiger partial charge is 0.493 e. The Bertz CT molecular complexity index is 6000. The molecule has 5 nitrogen and oxygen atoms in total. The molecule has 1 aliphatic rings. The number of ether oxygens (including phenoxy) is 4. The molecule has 15 aromatic carbocycles. The number of carbonyl (C=O) groups is 1. The molecule has 15 aromatic rings. The Morgan fingerprint density at radius 3 is 0.778 bits per heavy atom. The molecule has 1 aliphatic carbocycles. The zero-order valence-corrected chi connectivity index (χ0v) is 80.6. The van der Waals surface area contributed by atoms with Crippen molar-refractivity contribution in [2.45, 2.75) is 158 Å². The summed E-state index contributed by atoms with van der Waals surface area (Å²) in [6.07, 6.45) is 19.0. The lowest BCUT2D eigenvalue weighted by atomic mass is 9.76. The van der Waals surface area contributed by atoms with Crippen LogP contribution in [-0.2, 0) is 4.79 Å². The lowest BCUT2D eigenvalue weighted by Crippen LogP contribution is -2.27. The first-order chi connectivity index (χ1) is 61.7. The molecule has 9 heteroatoms. The summed E-state index contributed by atoms with van der Waals surface area (Å²) < 4.78 is 29.6. The standard InChI is InChI=1S/C58H58Br2O2.C45H48Br2O3.C14H10/c1-5-9-17-39(7-3)37-61-47-29-23-43(24-30-47)55-53(41-19-13-11-14-20-41)54(42-21-15-12-16-22-42)56(44-25-31-48(32-26-44)62-38-40(8-4)18-10-6-2)58-52-36-46(60)28-34-50(52)49-33-27-45(59)35-51(49)57(55)58;1-5-9-11-29(7-3)27-49-35-19-13-31(14-20-35)41-43-39-25-33(46)17-23-37(39)38-24-18-34(47)26-40(38)44(43)42(45(41)48)32-15-21-36(22-16-32)50-28-30(8-4)12-10-6-2;1-3-7-13(8-4-1)11-12-14-9-5-2-6-10-14/h11-16,19-36,39-40H,5-10,17-18,37-38H2,1-4H3;13-26,29-30H,5-12,27-28H2,1-4H3;1-10H. The van der Waals surface area contributed by atoms with Crippen LogP contribution in [0.4, 0.5) is 0 Å². The van der Waals surface area contributed by atoms with Crippen molar-refractivity contribution in [1.29, 1.82) is 0 Å². The quantitative estimate of drug-likeness (QED) is 0.0297. The molecule has 4 atom stereocenters. The second-order valence-corrected chi connectivity index (χ2v) is 37.2. The van der Waals surface area contributed by atoms with Crippen molar-refractivity contribution in [2.24, 2.45) is 23.7 Å². The number of rotatable bonds is 34. The van der Waals surface area contributed by atoms with Crippen LogP contribution >= 0.6 is 63.7 Å². The Morgan fingerprint density at radius 2 is 0.508 bits per heavy atom. The van der Waals surface area contributed by atoms with E-state index in [1.165, 1.54) is 143 Å². The Hall–Kier alpha value is -10.3. The normalized spacial score (nSPS) is 12.7. The van der Waals surface area contributed by atoms with Crippen LogP contribution in [0.25, 0.3) is 110 Å². The van der Waals surface area contributed by atoms with Gasteiger partial charge < -0.3 is 18.9 Å². The maximum Gasteiger partial charge on any atom is 0.195 e. The van der Waals surface area contributed by atoms with E-state index < -0.39 is 0 Å². The Balaban J connectivity index is 0.000000179. The van der Waals surface area contributed by atoms with Gasteiger partial charge in [0.2, 0.25) is 0 Å². The smallest absolute Gasteiger partial charge is 0.195 e. The summed E-state index contributed by atoms with van der Waals surface area (Å²) in [7, 11) is 0. The van der Waals surface area contributed by atoms with Crippen LogP contribution in [0.5, 0.6) is 23.0 Å². The van der Waals surface area contributed by atoms with Gasteiger partial charge in [-0.2, -0.15) is 0 Å². The fourth-order valence-corrected chi connectivity index (χ4v) is 19.1. The summed E-state index contributed by atoms with van der Waals surface area (Å²) in [6.45, 7) is 20.9. The number of halogens is 4. The van der Waals surface area contributed by atoms with Gasteiger partial charge >= 0.3 is 0 Å². The van der Waals surface area contributed by atoms with Gasteiger partial charge in [0.05, 0.1) is 26.4 Å². The predicted octanol–water partition coefficient (Wildman–Crippen LogP) is 33.3. The van der Waals surface area contributed by atoms with Gasteiger partial charge in [-0.25, -0.2) is 0 Å². The summed E-state index contributed by atoms with van der Waals surface area (Å²) in [6, 6.07) is 102. The molecule has 0 N–H and O–H groups in total. The first-order valence-corrected chi connectivity index (χ1v) is 49.0. The Labute approximate surface area is 781 Å². The molecule has 16 rings (SSSR count). The first kappa shape index (κ1) is 91.9. The van der Waals surface area contributed by atoms with Crippen LogP contribution < -0.4 is 29.4 Å². The van der Waals surface area contributed by atoms with Crippen molar-refractivity contribution in [3.8, 4) is 79.3 Å². The molecule has 0 fully saturated rings. The van der Waals surface area contributed by atoms with E-state index in [9.17, 15) is 4.79 Å². The van der Waals surface area contributed by atoms with Gasteiger partial charge in [-0.05, 0) is 280 Å².